The molecule has 0 radical (unpaired) electrons. The second-order valence-electron chi connectivity index (χ2n) is 10.5. The lowest BCUT2D eigenvalue weighted by atomic mass is 10.0. The van der Waals surface area contributed by atoms with Crippen LogP contribution in [-0.2, 0) is 21.7 Å². The summed E-state index contributed by atoms with van der Waals surface area (Å²) >= 11 is 0. The molecule has 0 amide bonds. The van der Waals surface area contributed by atoms with Crippen molar-refractivity contribution < 1.29 is 13.3 Å². The van der Waals surface area contributed by atoms with Crippen molar-refractivity contribution in [3.63, 3.8) is 0 Å². The number of rotatable bonds is 33. The molecule has 0 aromatic rings. The van der Waals surface area contributed by atoms with Crippen LogP contribution >= 0.6 is 31.4 Å². The zero-order valence-electron chi connectivity index (χ0n) is 27.2. The quantitative estimate of drug-likeness (QED) is 0.0302. The monoisotopic (exact) mass is 655 g/mol. The zero-order chi connectivity index (χ0) is 29.4. The molecule has 0 N–H and O–H groups in total. The Morgan fingerprint density at radius 3 is 1.25 bits per heavy atom. The normalized spacial score (nSPS) is 13.0. The van der Waals surface area contributed by atoms with E-state index in [1.807, 2.05) is 52.2 Å². The van der Waals surface area contributed by atoms with E-state index in [-0.39, 0.29) is 8.41 Å². The SMILES string of the molecule is CCCCCCCCCCCCCCCCCCCCCCC=CSS[S+](SCC)[Si](OCC)(OCC)OCC. The van der Waals surface area contributed by atoms with Crippen LogP contribution < -0.4 is 0 Å². The van der Waals surface area contributed by atoms with Crippen LogP contribution in [0, 0.1) is 0 Å². The van der Waals surface area contributed by atoms with E-state index in [1.54, 1.807) is 0 Å². The minimum Gasteiger partial charge on any atom is -0.331 e. The maximum atomic E-state index is 6.16. The third-order valence-electron chi connectivity index (χ3n) is 6.87. The first-order valence-corrected chi connectivity index (χ1v) is 24.9. The van der Waals surface area contributed by atoms with Crippen molar-refractivity contribution in [2.24, 2.45) is 0 Å². The number of unbranched alkanes of at least 4 members (excludes halogenated alkanes) is 20. The molecule has 3 nitrogen and oxygen atoms in total. The van der Waals surface area contributed by atoms with E-state index in [1.165, 1.54) is 135 Å². The van der Waals surface area contributed by atoms with Gasteiger partial charge in [0, 0.05) is 25.6 Å². The number of allylic oxidation sites excluding steroid dienone is 1. The minimum atomic E-state index is -2.67. The second-order valence-corrected chi connectivity index (χ2v) is 24.3. The molecule has 1 atom stereocenters. The van der Waals surface area contributed by atoms with Gasteiger partial charge in [-0.25, -0.2) is 0 Å². The summed E-state index contributed by atoms with van der Waals surface area (Å²) in [5, 5.41) is 2.26. The van der Waals surface area contributed by atoms with E-state index in [2.05, 4.69) is 25.3 Å². The topological polar surface area (TPSA) is 27.7 Å². The maximum Gasteiger partial charge on any atom is 0.808 e. The molecule has 0 aliphatic heterocycles. The Morgan fingerprint density at radius 1 is 0.525 bits per heavy atom. The lowest BCUT2D eigenvalue weighted by molar-refractivity contribution is 0.0966. The summed E-state index contributed by atoms with van der Waals surface area (Å²) in [4.78, 5) is 0. The van der Waals surface area contributed by atoms with Crippen molar-refractivity contribution in [3.05, 3.63) is 11.5 Å². The van der Waals surface area contributed by atoms with E-state index >= 15 is 0 Å². The minimum absolute atomic E-state index is 0.124. The van der Waals surface area contributed by atoms with Gasteiger partial charge in [-0.05, 0) is 49.8 Å². The Morgan fingerprint density at radius 2 is 0.900 bits per heavy atom. The van der Waals surface area contributed by atoms with Crippen LogP contribution in [0.25, 0.3) is 0 Å². The van der Waals surface area contributed by atoms with Gasteiger partial charge < -0.3 is 13.3 Å². The molecule has 0 aromatic heterocycles. The molecule has 0 aromatic carbocycles. The molecule has 0 saturated heterocycles. The molecule has 8 heteroatoms. The summed E-state index contributed by atoms with van der Waals surface area (Å²) in [5.74, 6) is 1.04. The number of hydrogen-bond donors (Lipinski definition) is 0. The average molecular weight is 656 g/mol. The van der Waals surface area contributed by atoms with Crippen LogP contribution in [0.15, 0.2) is 11.5 Å². The highest BCUT2D eigenvalue weighted by Gasteiger charge is 2.66. The van der Waals surface area contributed by atoms with Crippen molar-refractivity contribution in [1.82, 2.24) is 0 Å². The third kappa shape index (κ3) is 24.7. The molecule has 0 heterocycles. The summed E-state index contributed by atoms with van der Waals surface area (Å²) in [6.45, 7) is 12.5. The smallest absolute Gasteiger partial charge is 0.331 e. The summed E-state index contributed by atoms with van der Waals surface area (Å²) in [6.07, 6.45) is 32.3. The average Bonchev–Trinajstić information content (AvgIpc) is 2.95. The summed E-state index contributed by atoms with van der Waals surface area (Å²) in [6, 6.07) is 0. The van der Waals surface area contributed by atoms with Crippen LogP contribution in [0.2, 0.25) is 0 Å². The Kier molecular flexibility index (Phi) is 34.2. The van der Waals surface area contributed by atoms with Crippen molar-refractivity contribution in [3.8, 4) is 0 Å². The molecule has 0 fully saturated rings. The molecule has 40 heavy (non-hydrogen) atoms. The Balaban J connectivity index is 3.64. The van der Waals surface area contributed by atoms with E-state index < -0.39 is 7.95 Å². The molecule has 0 rings (SSSR count). The van der Waals surface area contributed by atoms with Gasteiger partial charge >= 0.3 is 7.95 Å². The highest BCUT2D eigenvalue weighted by Crippen LogP contribution is 2.45. The largest absolute Gasteiger partial charge is 0.808 e. The van der Waals surface area contributed by atoms with Gasteiger partial charge in [0.05, 0.1) is 10.8 Å². The lowest BCUT2D eigenvalue weighted by Gasteiger charge is -2.22. The van der Waals surface area contributed by atoms with Gasteiger partial charge in [-0.15, -0.1) is 0 Å². The molecule has 1 unspecified atom stereocenters. The molecule has 0 aliphatic carbocycles. The van der Waals surface area contributed by atoms with E-state index in [0.717, 1.165) is 5.75 Å². The highest BCUT2D eigenvalue weighted by molar-refractivity contribution is 9.29. The molecule has 240 valence electrons. The van der Waals surface area contributed by atoms with Crippen molar-refractivity contribution >= 4 is 47.8 Å². The summed E-state index contributed by atoms with van der Waals surface area (Å²) in [5.41, 5.74) is 0. The molecule has 0 aliphatic rings. The van der Waals surface area contributed by atoms with Gasteiger partial charge in [-0.3, -0.25) is 0 Å². The molecular formula is C32H67O3S4Si+. The van der Waals surface area contributed by atoms with Crippen LogP contribution in [0.5, 0.6) is 0 Å². The van der Waals surface area contributed by atoms with Crippen molar-refractivity contribution in [2.75, 3.05) is 25.6 Å². The predicted molar refractivity (Wildman–Crippen MR) is 193 cm³/mol. The Hall–Kier alpha value is 1.24. The van der Waals surface area contributed by atoms with E-state index in [0.29, 0.717) is 19.8 Å². The first kappa shape index (κ1) is 41.2. The Labute approximate surface area is 266 Å². The fourth-order valence-corrected chi connectivity index (χ4v) is 24.3. The fourth-order valence-electron chi connectivity index (χ4n) is 4.72. The van der Waals surface area contributed by atoms with E-state index in [4.69, 9.17) is 13.3 Å². The zero-order valence-corrected chi connectivity index (χ0v) is 31.5. The molecule has 0 saturated carbocycles. The third-order valence-corrected chi connectivity index (χ3v) is 25.5. The lowest BCUT2D eigenvalue weighted by Crippen LogP contribution is -2.51. The van der Waals surface area contributed by atoms with Gasteiger partial charge in [0.1, 0.15) is 0 Å². The van der Waals surface area contributed by atoms with Gasteiger partial charge in [0.2, 0.25) is 0 Å². The number of hydrogen-bond acceptors (Lipinski definition) is 6. The standard InChI is InChI=1S/C32H67O3S4Si/c1-6-11-12-13-14-15-16-17-18-19-20-21-22-23-24-25-26-27-28-29-30-31-32-36-38-39(37-10-5)40(33-7-2,34-8-3)35-9-4/h31-32H,6-30H2,1-5H3/q+1. The van der Waals surface area contributed by atoms with E-state index in [9.17, 15) is 0 Å². The predicted octanol–water partition coefficient (Wildman–Crippen LogP) is 12.8. The summed E-state index contributed by atoms with van der Waals surface area (Å²) < 4.78 is 18.5. The van der Waals surface area contributed by atoms with Gasteiger partial charge in [0.25, 0.3) is 0 Å². The van der Waals surface area contributed by atoms with Crippen LogP contribution in [-0.4, -0.2) is 33.5 Å². The second kappa shape index (κ2) is 33.1. The summed E-state index contributed by atoms with van der Waals surface area (Å²) in [7, 11) is 2.82. The molecular weight excluding hydrogens is 589 g/mol. The van der Waals surface area contributed by atoms with Gasteiger partial charge in [-0.1, -0.05) is 142 Å². The first-order valence-electron chi connectivity index (χ1n) is 17.0. The molecule has 0 bridgehead atoms. The van der Waals surface area contributed by atoms with Gasteiger partial charge in [-0.2, -0.15) is 0 Å². The first-order chi connectivity index (χ1) is 19.7. The highest BCUT2D eigenvalue weighted by atomic mass is 33.8. The molecule has 0 spiro atoms. The van der Waals surface area contributed by atoms with Crippen LogP contribution in [0.1, 0.15) is 169 Å². The van der Waals surface area contributed by atoms with Crippen LogP contribution in [0.4, 0.5) is 0 Å². The van der Waals surface area contributed by atoms with Gasteiger partial charge in [0.15, 0.2) is 18.2 Å². The van der Waals surface area contributed by atoms with Crippen LogP contribution in [0.3, 0.4) is 0 Å². The Bertz CT molecular complexity index is 511. The van der Waals surface area contributed by atoms with Crippen molar-refractivity contribution in [1.29, 1.82) is 0 Å². The fraction of sp³-hybridized carbons (Fsp3) is 0.938. The maximum absolute atomic E-state index is 6.16. The van der Waals surface area contributed by atoms with Crippen molar-refractivity contribution in [2.45, 2.75) is 169 Å².